The van der Waals surface area contributed by atoms with Gasteiger partial charge in [0.05, 0.1) is 12.2 Å². The molecule has 20 heavy (non-hydrogen) atoms. The summed E-state index contributed by atoms with van der Waals surface area (Å²) in [5.41, 5.74) is 0.951. The first-order valence-electron chi connectivity index (χ1n) is 6.61. The smallest absolute Gasteiger partial charge is 0.226 e. The zero-order valence-corrected chi connectivity index (χ0v) is 13.5. The molecule has 2 heterocycles. The molecular formula is C14H23Cl2N3O. The molecule has 114 valence electrons. The van der Waals surface area contributed by atoms with Crippen molar-refractivity contribution < 1.29 is 4.79 Å². The second-order valence-electron chi connectivity index (χ2n) is 4.88. The van der Waals surface area contributed by atoms with Crippen molar-refractivity contribution >= 4 is 30.7 Å². The van der Waals surface area contributed by atoms with E-state index >= 15 is 0 Å². The van der Waals surface area contributed by atoms with Gasteiger partial charge in [0.25, 0.3) is 0 Å². The average molecular weight is 320 g/mol. The predicted octanol–water partition coefficient (Wildman–Crippen LogP) is 2.13. The summed E-state index contributed by atoms with van der Waals surface area (Å²) in [6.45, 7) is 7.34. The molecule has 0 saturated carbocycles. The molecule has 4 nitrogen and oxygen atoms in total. The van der Waals surface area contributed by atoms with Crippen LogP contribution in [0.15, 0.2) is 24.4 Å². The zero-order valence-electron chi connectivity index (χ0n) is 11.9. The van der Waals surface area contributed by atoms with E-state index in [1.54, 1.807) is 6.20 Å². The molecule has 1 unspecified atom stereocenters. The van der Waals surface area contributed by atoms with Crippen molar-refractivity contribution in [2.24, 2.45) is 11.8 Å². The van der Waals surface area contributed by atoms with E-state index in [-0.39, 0.29) is 36.6 Å². The Balaban J connectivity index is 0.00000180. The minimum atomic E-state index is 0. The molecule has 1 atom stereocenters. The molecule has 1 aromatic heterocycles. The van der Waals surface area contributed by atoms with Crippen LogP contribution < -0.4 is 5.32 Å². The number of halogens is 2. The number of carbonyl (C=O) groups is 1. The van der Waals surface area contributed by atoms with Crippen molar-refractivity contribution in [2.75, 3.05) is 19.6 Å². The van der Waals surface area contributed by atoms with Gasteiger partial charge in [0.2, 0.25) is 5.91 Å². The van der Waals surface area contributed by atoms with Gasteiger partial charge >= 0.3 is 0 Å². The van der Waals surface area contributed by atoms with Gasteiger partial charge in [-0.05, 0) is 38.1 Å². The van der Waals surface area contributed by atoms with Crippen LogP contribution >= 0.6 is 24.8 Å². The largest absolute Gasteiger partial charge is 0.337 e. The van der Waals surface area contributed by atoms with Crippen LogP contribution in [-0.2, 0) is 11.3 Å². The summed E-state index contributed by atoms with van der Waals surface area (Å²) >= 11 is 0. The normalized spacial score (nSPS) is 15.3. The van der Waals surface area contributed by atoms with E-state index in [0.29, 0.717) is 12.5 Å². The standard InChI is InChI=1S/C14H21N3O.2ClH/c1-3-17(10-13-6-4-5-7-16-13)14(18)11(2)12-8-15-9-12;;/h4-7,11-12,15H,3,8-10H2,1-2H3;2*1H. The fourth-order valence-corrected chi connectivity index (χ4v) is 2.19. The van der Waals surface area contributed by atoms with Gasteiger partial charge in [-0.25, -0.2) is 0 Å². The molecule has 0 radical (unpaired) electrons. The first-order chi connectivity index (χ1) is 8.72. The van der Waals surface area contributed by atoms with Crippen LogP contribution in [-0.4, -0.2) is 35.4 Å². The van der Waals surface area contributed by atoms with Crippen molar-refractivity contribution in [3.63, 3.8) is 0 Å². The SMILES string of the molecule is CCN(Cc1ccccn1)C(=O)C(C)C1CNC1.Cl.Cl. The van der Waals surface area contributed by atoms with Gasteiger partial charge in [-0.1, -0.05) is 13.0 Å². The van der Waals surface area contributed by atoms with Gasteiger partial charge in [0.15, 0.2) is 0 Å². The maximum atomic E-state index is 12.4. The third-order valence-corrected chi connectivity index (χ3v) is 3.68. The van der Waals surface area contributed by atoms with E-state index in [4.69, 9.17) is 0 Å². The summed E-state index contributed by atoms with van der Waals surface area (Å²) in [5.74, 6) is 0.847. The Bertz CT molecular complexity index is 399. The predicted molar refractivity (Wildman–Crippen MR) is 85.3 cm³/mol. The van der Waals surface area contributed by atoms with E-state index in [1.807, 2.05) is 36.9 Å². The molecule has 1 fully saturated rings. The molecule has 6 heteroatoms. The number of rotatable bonds is 5. The average Bonchev–Trinajstić information content (AvgIpc) is 2.34. The number of hydrogen-bond acceptors (Lipinski definition) is 3. The number of amides is 1. The third kappa shape index (κ3) is 4.62. The summed E-state index contributed by atoms with van der Waals surface area (Å²) < 4.78 is 0. The van der Waals surface area contributed by atoms with Gasteiger partial charge in [0.1, 0.15) is 0 Å². The monoisotopic (exact) mass is 319 g/mol. The molecule has 1 N–H and O–H groups in total. The molecule has 1 aliphatic rings. The van der Waals surface area contributed by atoms with E-state index in [1.165, 1.54) is 0 Å². The summed E-state index contributed by atoms with van der Waals surface area (Å²) in [6.07, 6.45) is 1.77. The number of hydrogen-bond donors (Lipinski definition) is 1. The van der Waals surface area contributed by atoms with Crippen LogP contribution in [0.25, 0.3) is 0 Å². The Labute approximate surface area is 133 Å². The number of nitrogens with zero attached hydrogens (tertiary/aromatic N) is 2. The lowest BCUT2D eigenvalue weighted by atomic mass is 9.88. The molecule has 0 spiro atoms. The second-order valence-corrected chi connectivity index (χ2v) is 4.88. The Hall–Kier alpha value is -0.840. The quantitative estimate of drug-likeness (QED) is 0.904. The van der Waals surface area contributed by atoms with Crippen molar-refractivity contribution in [3.05, 3.63) is 30.1 Å². The van der Waals surface area contributed by atoms with Crippen LogP contribution in [0, 0.1) is 11.8 Å². The first kappa shape index (κ1) is 19.2. The Morgan fingerprint density at radius 1 is 1.45 bits per heavy atom. The van der Waals surface area contributed by atoms with Crippen LogP contribution in [0.4, 0.5) is 0 Å². The molecule has 1 aliphatic heterocycles. The van der Waals surface area contributed by atoms with Crippen molar-refractivity contribution in [2.45, 2.75) is 20.4 Å². The maximum absolute atomic E-state index is 12.4. The molecule has 0 bridgehead atoms. The van der Waals surface area contributed by atoms with Crippen LogP contribution in [0.5, 0.6) is 0 Å². The van der Waals surface area contributed by atoms with Crippen molar-refractivity contribution in [1.82, 2.24) is 15.2 Å². The maximum Gasteiger partial charge on any atom is 0.226 e. The van der Waals surface area contributed by atoms with Crippen LogP contribution in [0.2, 0.25) is 0 Å². The van der Waals surface area contributed by atoms with E-state index < -0.39 is 0 Å². The number of nitrogens with one attached hydrogen (secondary N) is 1. The fraction of sp³-hybridized carbons (Fsp3) is 0.571. The Morgan fingerprint density at radius 3 is 2.60 bits per heavy atom. The molecule has 0 aromatic carbocycles. The van der Waals surface area contributed by atoms with E-state index in [9.17, 15) is 4.79 Å². The minimum absolute atomic E-state index is 0. The van der Waals surface area contributed by atoms with E-state index in [2.05, 4.69) is 10.3 Å². The molecule has 0 aliphatic carbocycles. The third-order valence-electron chi connectivity index (χ3n) is 3.68. The molecule has 1 aromatic rings. The highest BCUT2D eigenvalue weighted by Gasteiger charge is 2.31. The fourth-order valence-electron chi connectivity index (χ4n) is 2.19. The summed E-state index contributed by atoms with van der Waals surface area (Å²) in [7, 11) is 0. The second kappa shape index (κ2) is 9.16. The van der Waals surface area contributed by atoms with Gasteiger partial charge in [0, 0.05) is 18.7 Å². The number of aromatic nitrogens is 1. The zero-order chi connectivity index (χ0) is 13.0. The topological polar surface area (TPSA) is 45.2 Å². The lowest BCUT2D eigenvalue weighted by molar-refractivity contribution is -0.137. The number of carbonyl (C=O) groups excluding carboxylic acids is 1. The molecule has 1 amide bonds. The lowest BCUT2D eigenvalue weighted by Gasteiger charge is -2.34. The first-order valence-corrected chi connectivity index (χ1v) is 6.61. The van der Waals surface area contributed by atoms with Crippen molar-refractivity contribution in [3.8, 4) is 0 Å². The van der Waals surface area contributed by atoms with Crippen LogP contribution in [0.1, 0.15) is 19.5 Å². The molecule has 2 rings (SSSR count). The van der Waals surface area contributed by atoms with E-state index in [0.717, 1.165) is 25.3 Å². The molecular weight excluding hydrogens is 297 g/mol. The number of pyridine rings is 1. The Kier molecular flexibility index (Phi) is 8.78. The van der Waals surface area contributed by atoms with Crippen molar-refractivity contribution in [1.29, 1.82) is 0 Å². The lowest BCUT2D eigenvalue weighted by Crippen LogP contribution is -2.50. The van der Waals surface area contributed by atoms with Gasteiger partial charge < -0.3 is 10.2 Å². The van der Waals surface area contributed by atoms with Gasteiger partial charge in [-0.2, -0.15) is 0 Å². The highest BCUT2D eigenvalue weighted by molar-refractivity contribution is 5.85. The summed E-state index contributed by atoms with van der Waals surface area (Å²) in [4.78, 5) is 18.6. The highest BCUT2D eigenvalue weighted by atomic mass is 35.5. The highest BCUT2D eigenvalue weighted by Crippen LogP contribution is 2.19. The minimum Gasteiger partial charge on any atom is -0.337 e. The van der Waals surface area contributed by atoms with Crippen LogP contribution in [0.3, 0.4) is 0 Å². The van der Waals surface area contributed by atoms with Gasteiger partial charge in [-0.15, -0.1) is 24.8 Å². The molecule has 1 saturated heterocycles. The van der Waals surface area contributed by atoms with Gasteiger partial charge in [-0.3, -0.25) is 9.78 Å². The Morgan fingerprint density at radius 2 is 2.15 bits per heavy atom. The summed E-state index contributed by atoms with van der Waals surface area (Å²) in [6, 6.07) is 5.82. The summed E-state index contributed by atoms with van der Waals surface area (Å²) in [5, 5.41) is 3.22.